The summed E-state index contributed by atoms with van der Waals surface area (Å²) in [5, 5.41) is 10.3. The van der Waals surface area contributed by atoms with Crippen LogP contribution in [0.5, 0.6) is 11.5 Å². The summed E-state index contributed by atoms with van der Waals surface area (Å²) in [6.07, 6.45) is -0.0783. The van der Waals surface area contributed by atoms with Gasteiger partial charge in [-0.3, -0.25) is 4.18 Å². The maximum atomic E-state index is 12.2. The first-order valence-electron chi connectivity index (χ1n) is 8.62. The van der Waals surface area contributed by atoms with E-state index in [1.54, 1.807) is 30.3 Å². The molecule has 2 unspecified atom stereocenters. The Bertz CT molecular complexity index is 935. The number of esters is 1. The number of rotatable bonds is 6. The van der Waals surface area contributed by atoms with E-state index in [0.717, 1.165) is 6.26 Å². The average molecular weight is 407 g/mol. The summed E-state index contributed by atoms with van der Waals surface area (Å²) in [6, 6.07) is 11.8. The fraction of sp³-hybridized carbons (Fsp3) is 0.350. The van der Waals surface area contributed by atoms with Crippen molar-refractivity contribution in [2.75, 3.05) is 6.26 Å². The summed E-state index contributed by atoms with van der Waals surface area (Å²) in [5.41, 5.74) is 6.44. The Morgan fingerprint density at radius 2 is 1.71 bits per heavy atom. The highest BCUT2D eigenvalue weighted by Gasteiger charge is 2.34. The van der Waals surface area contributed by atoms with Crippen molar-refractivity contribution >= 4 is 16.1 Å². The molecule has 2 rings (SSSR count). The zero-order chi connectivity index (χ0) is 21.1. The minimum Gasteiger partial charge on any atom is -0.504 e. The molecule has 0 radical (unpaired) electrons. The third-order valence-electron chi connectivity index (χ3n) is 4.13. The summed E-state index contributed by atoms with van der Waals surface area (Å²) in [7, 11) is -3.80. The molecule has 0 aromatic heterocycles. The summed E-state index contributed by atoms with van der Waals surface area (Å²) < 4.78 is 33.8. The van der Waals surface area contributed by atoms with Crippen LogP contribution in [0.15, 0.2) is 48.5 Å². The van der Waals surface area contributed by atoms with Crippen molar-refractivity contribution in [3.8, 4) is 11.5 Å². The Hall–Kier alpha value is -2.42. The Labute approximate surface area is 165 Å². The molecule has 0 saturated carbocycles. The van der Waals surface area contributed by atoms with Crippen LogP contribution < -0.4 is 10.5 Å². The van der Waals surface area contributed by atoms with Gasteiger partial charge in [0.05, 0.1) is 11.8 Å². The van der Waals surface area contributed by atoms with Crippen molar-refractivity contribution in [1.29, 1.82) is 0 Å². The zero-order valence-corrected chi connectivity index (χ0v) is 17.1. The van der Waals surface area contributed by atoms with Gasteiger partial charge in [-0.1, -0.05) is 45.0 Å². The van der Waals surface area contributed by atoms with Gasteiger partial charge in [0, 0.05) is 6.04 Å². The van der Waals surface area contributed by atoms with Crippen LogP contribution in [0.1, 0.15) is 42.8 Å². The molecule has 3 N–H and O–H groups in total. The number of aromatic hydroxyl groups is 1. The highest BCUT2D eigenvalue weighted by Crippen LogP contribution is 2.36. The lowest BCUT2D eigenvalue weighted by molar-refractivity contribution is 0.0729. The van der Waals surface area contributed by atoms with E-state index in [9.17, 15) is 18.3 Å². The molecular formula is C20H25NO6S. The molecule has 0 bridgehead atoms. The van der Waals surface area contributed by atoms with E-state index in [4.69, 9.17) is 14.7 Å². The Morgan fingerprint density at radius 3 is 2.21 bits per heavy atom. The van der Waals surface area contributed by atoms with Crippen LogP contribution >= 0.6 is 0 Å². The maximum Gasteiger partial charge on any atom is 0.343 e. The predicted octanol–water partition coefficient (Wildman–Crippen LogP) is 3.00. The lowest BCUT2D eigenvalue weighted by atomic mass is 9.82. The number of benzene rings is 2. The van der Waals surface area contributed by atoms with E-state index >= 15 is 0 Å². The van der Waals surface area contributed by atoms with E-state index in [1.165, 1.54) is 18.2 Å². The number of ether oxygens (including phenoxy) is 1. The van der Waals surface area contributed by atoms with Gasteiger partial charge in [-0.15, -0.1) is 0 Å². The van der Waals surface area contributed by atoms with Crippen LogP contribution in [0.3, 0.4) is 0 Å². The van der Waals surface area contributed by atoms with Crippen molar-refractivity contribution in [3.05, 3.63) is 59.7 Å². The monoisotopic (exact) mass is 407 g/mol. The number of phenols is 1. The number of hydrogen-bond acceptors (Lipinski definition) is 7. The highest BCUT2D eigenvalue weighted by atomic mass is 32.2. The Balaban J connectivity index is 2.32. The lowest BCUT2D eigenvalue weighted by Gasteiger charge is -2.33. The minimum absolute atomic E-state index is 0.0555. The van der Waals surface area contributed by atoms with Crippen molar-refractivity contribution < 1.29 is 27.2 Å². The first-order chi connectivity index (χ1) is 12.9. The van der Waals surface area contributed by atoms with E-state index in [-0.39, 0.29) is 11.5 Å². The van der Waals surface area contributed by atoms with Gasteiger partial charge in [0.1, 0.15) is 6.10 Å². The number of phenolic OH excluding ortho intramolecular Hbond substituents is 1. The number of carbonyl (C=O) groups excluding carboxylic acids is 1. The molecule has 0 saturated heterocycles. The molecule has 0 heterocycles. The summed E-state index contributed by atoms with van der Waals surface area (Å²) >= 11 is 0. The highest BCUT2D eigenvalue weighted by molar-refractivity contribution is 7.86. The van der Waals surface area contributed by atoms with Gasteiger partial charge in [0.2, 0.25) is 0 Å². The molecule has 152 valence electrons. The quantitative estimate of drug-likeness (QED) is 0.429. The van der Waals surface area contributed by atoms with Gasteiger partial charge < -0.3 is 15.6 Å². The smallest absolute Gasteiger partial charge is 0.343 e. The largest absolute Gasteiger partial charge is 0.504 e. The van der Waals surface area contributed by atoms with Crippen molar-refractivity contribution in [3.63, 3.8) is 0 Å². The van der Waals surface area contributed by atoms with Crippen molar-refractivity contribution in [1.82, 2.24) is 0 Å². The fourth-order valence-electron chi connectivity index (χ4n) is 2.50. The van der Waals surface area contributed by atoms with Gasteiger partial charge in [0.25, 0.3) is 10.1 Å². The van der Waals surface area contributed by atoms with E-state index in [0.29, 0.717) is 11.1 Å². The molecule has 0 aliphatic carbocycles. The SMILES string of the molecule is CC(C)(C)C(N)C(OS(C)(=O)=O)c1ccc(OC(=O)c2ccccc2)c(O)c1. The molecule has 2 aromatic rings. The first kappa shape index (κ1) is 21.9. The molecule has 0 aliphatic heterocycles. The van der Waals surface area contributed by atoms with Crippen LogP contribution in [0, 0.1) is 5.41 Å². The second-order valence-corrected chi connectivity index (χ2v) is 9.20. The summed E-state index contributed by atoms with van der Waals surface area (Å²) in [4.78, 5) is 12.2. The van der Waals surface area contributed by atoms with Gasteiger partial charge >= 0.3 is 5.97 Å². The molecule has 0 fully saturated rings. The third kappa shape index (κ3) is 5.79. The lowest BCUT2D eigenvalue weighted by Crippen LogP contribution is -2.42. The van der Waals surface area contributed by atoms with Crippen LogP contribution in [-0.2, 0) is 14.3 Å². The van der Waals surface area contributed by atoms with Crippen molar-refractivity contribution in [2.24, 2.45) is 11.1 Å². The zero-order valence-electron chi connectivity index (χ0n) is 16.2. The Kier molecular flexibility index (Phi) is 6.48. The van der Waals surface area contributed by atoms with Crippen LogP contribution in [-0.4, -0.2) is 31.8 Å². The van der Waals surface area contributed by atoms with Crippen LogP contribution in [0.4, 0.5) is 0 Å². The van der Waals surface area contributed by atoms with Gasteiger partial charge in [-0.2, -0.15) is 8.42 Å². The molecule has 2 aromatic carbocycles. The molecule has 7 nitrogen and oxygen atoms in total. The molecule has 0 aliphatic rings. The first-order valence-corrected chi connectivity index (χ1v) is 10.4. The number of hydrogen-bond donors (Lipinski definition) is 2. The molecule has 2 atom stereocenters. The molecule has 0 spiro atoms. The second-order valence-electron chi connectivity index (χ2n) is 7.60. The summed E-state index contributed by atoms with van der Waals surface area (Å²) in [6.45, 7) is 5.56. The predicted molar refractivity (Wildman–Crippen MR) is 106 cm³/mol. The standard InChI is InChI=1S/C20H25NO6S/c1-20(2,3)18(21)17(27-28(4,24)25)14-10-11-16(15(22)12-14)26-19(23)13-8-6-5-7-9-13/h5-12,17-18,22H,21H2,1-4H3. The van der Waals surface area contributed by atoms with Gasteiger partial charge in [-0.25, -0.2) is 4.79 Å². The number of nitrogens with two attached hydrogens (primary N) is 1. The van der Waals surface area contributed by atoms with E-state index in [2.05, 4.69) is 0 Å². The van der Waals surface area contributed by atoms with Crippen LogP contribution in [0.2, 0.25) is 0 Å². The number of carbonyl (C=O) groups is 1. The second kappa shape index (κ2) is 8.30. The molecule has 8 heteroatoms. The van der Waals surface area contributed by atoms with E-state index < -0.39 is 33.6 Å². The fourth-order valence-corrected chi connectivity index (χ4v) is 3.10. The average Bonchev–Trinajstić information content (AvgIpc) is 2.60. The van der Waals surface area contributed by atoms with Crippen LogP contribution in [0.25, 0.3) is 0 Å². The minimum atomic E-state index is -3.80. The maximum absolute atomic E-state index is 12.2. The normalized spacial score (nSPS) is 14.3. The third-order valence-corrected chi connectivity index (χ3v) is 4.69. The molecular weight excluding hydrogens is 382 g/mol. The Morgan fingerprint density at radius 1 is 1.11 bits per heavy atom. The van der Waals surface area contributed by atoms with Gasteiger partial charge in [0.15, 0.2) is 11.5 Å². The van der Waals surface area contributed by atoms with Crippen molar-refractivity contribution in [2.45, 2.75) is 32.9 Å². The molecule has 28 heavy (non-hydrogen) atoms. The topological polar surface area (TPSA) is 116 Å². The summed E-state index contributed by atoms with van der Waals surface area (Å²) in [5.74, 6) is -1.01. The van der Waals surface area contributed by atoms with E-state index in [1.807, 2.05) is 20.8 Å². The van der Waals surface area contributed by atoms with Gasteiger partial charge in [-0.05, 0) is 35.2 Å². The molecule has 0 amide bonds.